The third kappa shape index (κ3) is 6.02. The maximum Gasteiger partial charge on any atom is 0.318 e. The van der Waals surface area contributed by atoms with Crippen molar-refractivity contribution in [3.8, 4) is 0 Å². The van der Waals surface area contributed by atoms with Crippen LogP contribution in [0.5, 0.6) is 0 Å². The smallest absolute Gasteiger partial charge is 0.318 e. The summed E-state index contributed by atoms with van der Waals surface area (Å²) in [6.07, 6.45) is 0. The minimum absolute atomic E-state index is 0.0845. The quantitative estimate of drug-likeness (QED) is 0.665. The van der Waals surface area contributed by atoms with E-state index in [2.05, 4.69) is 41.3 Å². The first kappa shape index (κ1) is 23.6. The monoisotopic (exact) mass is 483 g/mol. The lowest BCUT2D eigenvalue weighted by Crippen LogP contribution is -2.54. The van der Waals surface area contributed by atoms with Crippen LogP contribution in [0.2, 0.25) is 10.0 Å². The van der Waals surface area contributed by atoms with Gasteiger partial charge in [-0.1, -0.05) is 44.0 Å². The molecule has 1 saturated heterocycles. The van der Waals surface area contributed by atoms with Gasteiger partial charge in [0.15, 0.2) is 5.13 Å². The van der Waals surface area contributed by atoms with Crippen molar-refractivity contribution < 1.29 is 9.59 Å². The predicted molar refractivity (Wildman–Crippen MR) is 128 cm³/mol. The fourth-order valence-electron chi connectivity index (χ4n) is 3.08. The molecule has 2 aromatic rings. The lowest BCUT2D eigenvalue weighted by atomic mass is 9.93. The number of benzene rings is 1. The number of rotatable bonds is 4. The van der Waals surface area contributed by atoms with Crippen LogP contribution in [0.15, 0.2) is 23.6 Å². The van der Waals surface area contributed by atoms with E-state index in [0.29, 0.717) is 41.4 Å². The standard InChI is InChI=1S/C21H27Cl2N5O2S/c1-13(18(29)26-19-25-17(12-31-19)21(2,3)4)24-20(30)28-9-7-27(8-10-28)14-5-6-15(22)16(23)11-14/h5-6,11-13H,7-10H2,1-4H3,(H,24,30)(H,25,26,29)/t13-/m1/s1. The molecule has 3 amide bonds. The zero-order chi connectivity index (χ0) is 22.8. The minimum atomic E-state index is -0.678. The predicted octanol–water partition coefficient (Wildman–Crippen LogP) is 4.61. The highest BCUT2D eigenvalue weighted by atomic mass is 35.5. The Labute approximate surface area is 196 Å². The second-order valence-electron chi connectivity index (χ2n) is 8.52. The second-order valence-corrected chi connectivity index (χ2v) is 10.2. The Bertz CT molecular complexity index is 951. The van der Waals surface area contributed by atoms with Gasteiger partial charge in [-0.25, -0.2) is 9.78 Å². The van der Waals surface area contributed by atoms with Gasteiger partial charge in [0.25, 0.3) is 0 Å². The van der Waals surface area contributed by atoms with Crippen molar-refractivity contribution in [2.75, 3.05) is 36.4 Å². The van der Waals surface area contributed by atoms with Gasteiger partial charge >= 0.3 is 6.03 Å². The van der Waals surface area contributed by atoms with Gasteiger partial charge in [-0.3, -0.25) is 4.79 Å². The van der Waals surface area contributed by atoms with Crippen molar-refractivity contribution in [1.29, 1.82) is 0 Å². The molecule has 0 radical (unpaired) electrons. The van der Waals surface area contributed by atoms with E-state index in [1.807, 2.05) is 17.5 Å². The van der Waals surface area contributed by atoms with E-state index in [4.69, 9.17) is 23.2 Å². The molecule has 1 aliphatic rings. The molecule has 0 bridgehead atoms. The van der Waals surface area contributed by atoms with Crippen LogP contribution >= 0.6 is 34.5 Å². The van der Waals surface area contributed by atoms with Crippen LogP contribution in [0.3, 0.4) is 0 Å². The highest BCUT2D eigenvalue weighted by molar-refractivity contribution is 7.14. The average Bonchev–Trinajstić information content (AvgIpc) is 3.19. The van der Waals surface area contributed by atoms with Gasteiger partial charge in [0.2, 0.25) is 5.91 Å². The summed E-state index contributed by atoms with van der Waals surface area (Å²) in [5.74, 6) is -0.294. The molecule has 1 aromatic carbocycles. The van der Waals surface area contributed by atoms with Crippen molar-refractivity contribution in [3.63, 3.8) is 0 Å². The number of hydrogen-bond donors (Lipinski definition) is 2. The summed E-state index contributed by atoms with van der Waals surface area (Å²) in [6, 6.07) is 4.58. The zero-order valence-electron chi connectivity index (χ0n) is 18.0. The Balaban J connectivity index is 1.49. The molecular formula is C21H27Cl2N5O2S. The van der Waals surface area contributed by atoms with Crippen LogP contribution in [-0.4, -0.2) is 54.0 Å². The molecule has 1 fully saturated rings. The molecule has 168 valence electrons. The molecule has 31 heavy (non-hydrogen) atoms. The summed E-state index contributed by atoms with van der Waals surface area (Å²) >= 11 is 13.5. The number of anilines is 2. The topological polar surface area (TPSA) is 77.6 Å². The highest BCUT2D eigenvalue weighted by Gasteiger charge is 2.25. The number of urea groups is 1. The maximum atomic E-state index is 12.6. The molecule has 10 heteroatoms. The summed E-state index contributed by atoms with van der Waals surface area (Å²) in [4.78, 5) is 33.4. The Morgan fingerprint density at radius 2 is 1.81 bits per heavy atom. The number of hydrogen-bond acceptors (Lipinski definition) is 5. The minimum Gasteiger partial charge on any atom is -0.368 e. The fraction of sp³-hybridized carbons (Fsp3) is 0.476. The Hall–Kier alpha value is -2.03. The third-order valence-electron chi connectivity index (χ3n) is 5.07. The molecule has 0 aliphatic carbocycles. The lowest BCUT2D eigenvalue weighted by molar-refractivity contribution is -0.117. The van der Waals surface area contributed by atoms with E-state index in [-0.39, 0.29) is 17.4 Å². The number of nitrogens with one attached hydrogen (secondary N) is 2. The summed E-state index contributed by atoms with van der Waals surface area (Å²) < 4.78 is 0. The van der Waals surface area contributed by atoms with Crippen molar-refractivity contribution in [2.24, 2.45) is 0 Å². The molecule has 0 spiro atoms. The molecule has 7 nitrogen and oxygen atoms in total. The summed E-state index contributed by atoms with van der Waals surface area (Å²) in [5, 5.41) is 9.05. The second kappa shape index (κ2) is 9.63. The van der Waals surface area contributed by atoms with E-state index < -0.39 is 6.04 Å². The SMILES string of the molecule is C[C@@H](NC(=O)N1CCN(c2ccc(Cl)c(Cl)c2)CC1)C(=O)Nc1nc(C(C)(C)C)cs1. The van der Waals surface area contributed by atoms with Crippen LogP contribution < -0.4 is 15.5 Å². The van der Waals surface area contributed by atoms with Crippen LogP contribution in [-0.2, 0) is 10.2 Å². The van der Waals surface area contributed by atoms with E-state index in [1.165, 1.54) is 11.3 Å². The summed E-state index contributed by atoms with van der Waals surface area (Å²) in [6.45, 7) is 10.3. The van der Waals surface area contributed by atoms with Gasteiger partial charge < -0.3 is 20.4 Å². The van der Waals surface area contributed by atoms with Crippen molar-refractivity contribution in [1.82, 2.24) is 15.2 Å². The first-order chi connectivity index (χ1) is 14.5. The fourth-order valence-corrected chi connectivity index (χ4v) is 4.31. The van der Waals surface area contributed by atoms with E-state index >= 15 is 0 Å². The number of carbonyl (C=O) groups excluding carboxylic acids is 2. The van der Waals surface area contributed by atoms with Gasteiger partial charge in [-0.2, -0.15) is 0 Å². The van der Waals surface area contributed by atoms with Crippen LogP contribution in [0.1, 0.15) is 33.4 Å². The van der Waals surface area contributed by atoms with E-state index in [0.717, 1.165) is 11.4 Å². The molecule has 1 aromatic heterocycles. The number of halogens is 2. The molecule has 2 heterocycles. The van der Waals surface area contributed by atoms with Gasteiger partial charge in [-0.05, 0) is 25.1 Å². The summed E-state index contributed by atoms with van der Waals surface area (Å²) in [5.41, 5.74) is 1.81. The maximum absolute atomic E-state index is 12.6. The largest absolute Gasteiger partial charge is 0.368 e. The number of nitrogens with zero attached hydrogens (tertiary/aromatic N) is 3. The average molecular weight is 484 g/mol. The molecule has 2 N–H and O–H groups in total. The van der Waals surface area contributed by atoms with E-state index in [1.54, 1.807) is 17.9 Å². The van der Waals surface area contributed by atoms with Crippen molar-refractivity contribution >= 4 is 57.3 Å². The van der Waals surface area contributed by atoms with E-state index in [9.17, 15) is 9.59 Å². The molecular weight excluding hydrogens is 457 g/mol. The number of aromatic nitrogens is 1. The number of piperazine rings is 1. The third-order valence-corrected chi connectivity index (χ3v) is 6.57. The zero-order valence-corrected chi connectivity index (χ0v) is 20.4. The Morgan fingerprint density at radius 1 is 1.13 bits per heavy atom. The van der Waals surface area contributed by atoms with Crippen LogP contribution in [0.25, 0.3) is 0 Å². The lowest BCUT2D eigenvalue weighted by Gasteiger charge is -2.36. The van der Waals surface area contributed by atoms with Crippen LogP contribution in [0.4, 0.5) is 15.6 Å². The molecule has 1 atom stereocenters. The Kier molecular flexibility index (Phi) is 7.34. The first-order valence-corrected chi connectivity index (χ1v) is 11.7. The van der Waals surface area contributed by atoms with Gasteiger partial charge in [0, 0.05) is 42.7 Å². The number of carbonyl (C=O) groups is 2. The highest BCUT2D eigenvalue weighted by Crippen LogP contribution is 2.28. The molecule has 0 unspecified atom stereocenters. The first-order valence-electron chi connectivity index (χ1n) is 10.1. The molecule has 3 rings (SSSR count). The van der Waals surface area contributed by atoms with Gasteiger partial charge in [0.1, 0.15) is 6.04 Å². The normalized spacial score (nSPS) is 15.5. The van der Waals surface area contributed by atoms with Crippen molar-refractivity contribution in [3.05, 3.63) is 39.3 Å². The number of amides is 3. The summed E-state index contributed by atoms with van der Waals surface area (Å²) in [7, 11) is 0. The van der Waals surface area contributed by atoms with Crippen molar-refractivity contribution in [2.45, 2.75) is 39.2 Å². The van der Waals surface area contributed by atoms with Crippen LogP contribution in [0, 0.1) is 0 Å². The Morgan fingerprint density at radius 3 is 2.39 bits per heavy atom. The van der Waals surface area contributed by atoms with Gasteiger partial charge in [-0.15, -0.1) is 11.3 Å². The molecule has 0 saturated carbocycles. The number of thiazole rings is 1. The molecule has 1 aliphatic heterocycles. The van der Waals surface area contributed by atoms with Gasteiger partial charge in [0.05, 0.1) is 15.7 Å².